The summed E-state index contributed by atoms with van der Waals surface area (Å²) in [7, 11) is 0. The maximum atomic E-state index is 5.97. The molecule has 0 saturated heterocycles. The summed E-state index contributed by atoms with van der Waals surface area (Å²) < 4.78 is 5.97. The molecule has 0 aliphatic rings. The molecule has 0 aliphatic carbocycles. The van der Waals surface area contributed by atoms with E-state index in [1.165, 1.54) is 11.1 Å². The van der Waals surface area contributed by atoms with Crippen molar-refractivity contribution in [2.24, 2.45) is 0 Å². The summed E-state index contributed by atoms with van der Waals surface area (Å²) in [6.07, 6.45) is 0. The fraction of sp³-hybridized carbons (Fsp3) is 0.500. The molecule has 0 radical (unpaired) electrons. The van der Waals surface area contributed by atoms with Crippen molar-refractivity contribution < 1.29 is 4.74 Å². The molecule has 0 unspecified atom stereocenters. The summed E-state index contributed by atoms with van der Waals surface area (Å²) in [5.74, 6) is 1.01. The molecule has 0 spiro atoms. The number of alkyl halides is 1. The number of rotatable bonds is 3. The van der Waals surface area contributed by atoms with E-state index in [4.69, 9.17) is 4.74 Å². The van der Waals surface area contributed by atoms with E-state index in [0.717, 1.165) is 11.1 Å². The van der Waals surface area contributed by atoms with E-state index in [9.17, 15) is 0 Å². The zero-order valence-electron chi connectivity index (χ0n) is 9.23. The Hall–Kier alpha value is -0.500. The molecule has 0 bridgehead atoms. The molecule has 0 aliphatic heterocycles. The van der Waals surface area contributed by atoms with Gasteiger partial charge in [-0.3, -0.25) is 0 Å². The number of para-hydroxylation sites is 1. The summed E-state index contributed by atoms with van der Waals surface area (Å²) in [6.45, 7) is 8.31. The summed E-state index contributed by atoms with van der Waals surface area (Å²) in [6, 6.07) is 6.21. The lowest BCUT2D eigenvalue weighted by atomic mass is 10.1. The molecule has 1 nitrogen and oxygen atoms in total. The maximum absolute atomic E-state index is 5.97. The van der Waals surface area contributed by atoms with Crippen LogP contribution in [0.1, 0.15) is 25.0 Å². The predicted octanol–water partition coefficient (Wildman–Crippen LogP) is 3.86. The van der Waals surface area contributed by atoms with Gasteiger partial charge in [-0.1, -0.05) is 34.1 Å². The van der Waals surface area contributed by atoms with Gasteiger partial charge in [0.2, 0.25) is 0 Å². The molecule has 1 aromatic rings. The van der Waals surface area contributed by atoms with Gasteiger partial charge in [0.1, 0.15) is 11.4 Å². The molecule has 0 N–H and O–H groups in total. The molecular formula is C12H17BrO. The average molecular weight is 257 g/mol. The smallest absolute Gasteiger partial charge is 0.125 e. The minimum Gasteiger partial charge on any atom is -0.486 e. The first kappa shape index (κ1) is 11.6. The van der Waals surface area contributed by atoms with E-state index in [1.807, 2.05) is 0 Å². The van der Waals surface area contributed by atoms with Crippen molar-refractivity contribution in [1.29, 1.82) is 0 Å². The van der Waals surface area contributed by atoms with Crippen LogP contribution in [-0.4, -0.2) is 10.9 Å². The van der Waals surface area contributed by atoms with Crippen LogP contribution in [0, 0.1) is 13.8 Å². The van der Waals surface area contributed by atoms with Gasteiger partial charge in [-0.05, 0) is 38.8 Å². The fourth-order valence-electron chi connectivity index (χ4n) is 1.26. The fourth-order valence-corrected chi connectivity index (χ4v) is 1.38. The Morgan fingerprint density at radius 1 is 1.21 bits per heavy atom. The van der Waals surface area contributed by atoms with Gasteiger partial charge in [0.15, 0.2) is 0 Å². The second-order valence-electron chi connectivity index (χ2n) is 4.22. The second kappa shape index (κ2) is 4.35. The van der Waals surface area contributed by atoms with Gasteiger partial charge < -0.3 is 4.74 Å². The molecule has 0 heterocycles. The van der Waals surface area contributed by atoms with Crippen LogP contribution in [0.2, 0.25) is 0 Å². The lowest BCUT2D eigenvalue weighted by Gasteiger charge is -2.26. The van der Waals surface area contributed by atoms with Crippen LogP contribution in [0.15, 0.2) is 18.2 Å². The van der Waals surface area contributed by atoms with Crippen molar-refractivity contribution in [3.05, 3.63) is 29.3 Å². The maximum Gasteiger partial charge on any atom is 0.125 e. The van der Waals surface area contributed by atoms with Crippen LogP contribution in [0.5, 0.6) is 5.75 Å². The summed E-state index contributed by atoms with van der Waals surface area (Å²) in [5.41, 5.74) is 2.23. The first-order chi connectivity index (χ1) is 6.46. The van der Waals surface area contributed by atoms with E-state index < -0.39 is 0 Å². The molecule has 0 saturated carbocycles. The predicted molar refractivity (Wildman–Crippen MR) is 64.4 cm³/mol. The molecule has 78 valence electrons. The van der Waals surface area contributed by atoms with E-state index >= 15 is 0 Å². The van der Waals surface area contributed by atoms with Gasteiger partial charge in [0.25, 0.3) is 0 Å². The average Bonchev–Trinajstić information content (AvgIpc) is 2.12. The van der Waals surface area contributed by atoms with Crippen molar-refractivity contribution in [1.82, 2.24) is 0 Å². The highest BCUT2D eigenvalue weighted by molar-refractivity contribution is 9.09. The van der Waals surface area contributed by atoms with Gasteiger partial charge >= 0.3 is 0 Å². The second-order valence-corrected chi connectivity index (χ2v) is 4.78. The monoisotopic (exact) mass is 256 g/mol. The Morgan fingerprint density at radius 2 is 1.71 bits per heavy atom. The summed E-state index contributed by atoms with van der Waals surface area (Å²) >= 11 is 3.45. The largest absolute Gasteiger partial charge is 0.486 e. The van der Waals surface area contributed by atoms with Crippen molar-refractivity contribution in [3.63, 3.8) is 0 Å². The van der Waals surface area contributed by atoms with E-state index in [2.05, 4.69) is 61.8 Å². The molecule has 1 aromatic carbocycles. The van der Waals surface area contributed by atoms with Crippen LogP contribution in [0.3, 0.4) is 0 Å². The highest BCUT2D eigenvalue weighted by Crippen LogP contribution is 2.27. The van der Waals surface area contributed by atoms with Gasteiger partial charge in [-0.25, -0.2) is 0 Å². The Balaban J connectivity index is 2.97. The molecule has 0 aromatic heterocycles. The minimum absolute atomic E-state index is 0.156. The lowest BCUT2D eigenvalue weighted by Crippen LogP contribution is -2.30. The Kier molecular flexibility index (Phi) is 3.59. The normalized spacial score (nSPS) is 11.5. The highest BCUT2D eigenvalue weighted by atomic mass is 79.9. The van der Waals surface area contributed by atoms with E-state index in [1.54, 1.807) is 0 Å². The number of ether oxygens (including phenoxy) is 1. The van der Waals surface area contributed by atoms with Crippen molar-refractivity contribution in [2.45, 2.75) is 33.3 Å². The van der Waals surface area contributed by atoms with E-state index in [0.29, 0.717) is 0 Å². The Bertz CT molecular complexity index is 298. The third kappa shape index (κ3) is 2.74. The third-order valence-corrected chi connectivity index (χ3v) is 3.46. The minimum atomic E-state index is -0.156. The summed E-state index contributed by atoms with van der Waals surface area (Å²) in [5, 5.41) is 0.827. The van der Waals surface area contributed by atoms with Crippen LogP contribution in [-0.2, 0) is 0 Å². The molecule has 2 heteroatoms. The number of halogens is 1. The van der Waals surface area contributed by atoms with Crippen LogP contribution >= 0.6 is 15.9 Å². The molecule has 0 fully saturated rings. The van der Waals surface area contributed by atoms with Crippen LogP contribution < -0.4 is 4.74 Å². The van der Waals surface area contributed by atoms with Crippen molar-refractivity contribution >= 4 is 15.9 Å². The number of hydrogen-bond donors (Lipinski definition) is 0. The van der Waals surface area contributed by atoms with Gasteiger partial charge in [0, 0.05) is 5.33 Å². The zero-order valence-corrected chi connectivity index (χ0v) is 10.8. The molecule has 14 heavy (non-hydrogen) atoms. The van der Waals surface area contributed by atoms with Crippen LogP contribution in [0.4, 0.5) is 0 Å². The lowest BCUT2D eigenvalue weighted by molar-refractivity contribution is 0.135. The molecule has 0 amide bonds. The SMILES string of the molecule is Cc1cccc(C)c1OC(C)(C)CBr. The molecule has 0 atom stereocenters. The van der Waals surface area contributed by atoms with Gasteiger partial charge in [-0.15, -0.1) is 0 Å². The summed E-state index contributed by atoms with van der Waals surface area (Å²) in [4.78, 5) is 0. The zero-order chi connectivity index (χ0) is 10.8. The van der Waals surface area contributed by atoms with Gasteiger partial charge in [-0.2, -0.15) is 0 Å². The standard InChI is InChI=1S/C12H17BrO/c1-9-6-5-7-10(2)11(9)14-12(3,4)8-13/h5-7H,8H2,1-4H3. The van der Waals surface area contributed by atoms with Crippen molar-refractivity contribution in [2.75, 3.05) is 5.33 Å². The topological polar surface area (TPSA) is 9.23 Å². The number of benzene rings is 1. The van der Waals surface area contributed by atoms with Crippen molar-refractivity contribution in [3.8, 4) is 5.75 Å². The van der Waals surface area contributed by atoms with Crippen LogP contribution in [0.25, 0.3) is 0 Å². The number of aryl methyl sites for hydroxylation is 2. The number of hydrogen-bond acceptors (Lipinski definition) is 1. The van der Waals surface area contributed by atoms with E-state index in [-0.39, 0.29) is 5.60 Å². The quantitative estimate of drug-likeness (QED) is 0.747. The molecular weight excluding hydrogens is 240 g/mol. The first-order valence-electron chi connectivity index (χ1n) is 4.77. The Morgan fingerprint density at radius 3 is 2.14 bits per heavy atom. The Labute approximate surface area is 94.6 Å². The first-order valence-corrected chi connectivity index (χ1v) is 5.89. The third-order valence-electron chi connectivity index (χ3n) is 2.11. The highest BCUT2D eigenvalue weighted by Gasteiger charge is 2.19. The van der Waals surface area contributed by atoms with Gasteiger partial charge in [0.05, 0.1) is 0 Å². The molecule has 1 rings (SSSR count).